The van der Waals surface area contributed by atoms with E-state index in [0.29, 0.717) is 10.9 Å². The molecule has 1 aromatic carbocycles. The lowest BCUT2D eigenvalue weighted by Crippen LogP contribution is -2.37. The van der Waals surface area contributed by atoms with E-state index < -0.39 is 9.84 Å². The summed E-state index contributed by atoms with van der Waals surface area (Å²) < 4.78 is 36.7. The van der Waals surface area contributed by atoms with E-state index in [2.05, 4.69) is 4.99 Å². The van der Waals surface area contributed by atoms with Crippen LogP contribution in [0, 0.1) is 5.82 Å². The van der Waals surface area contributed by atoms with E-state index in [4.69, 9.17) is 0 Å². The zero-order valence-corrected chi connectivity index (χ0v) is 12.8. The fourth-order valence-corrected chi connectivity index (χ4v) is 6.56. The molecule has 21 heavy (non-hydrogen) atoms. The maximum Gasteiger partial charge on any atom is 0.244 e. The van der Waals surface area contributed by atoms with Crippen LogP contribution >= 0.6 is 11.8 Å². The van der Waals surface area contributed by atoms with E-state index in [0.717, 1.165) is 0 Å². The molecule has 0 aliphatic carbocycles. The third-order valence-corrected chi connectivity index (χ3v) is 6.63. The molecule has 112 valence electrons. The van der Waals surface area contributed by atoms with E-state index in [-0.39, 0.29) is 34.5 Å². The van der Waals surface area contributed by atoms with Gasteiger partial charge in [-0.2, -0.15) is 4.99 Å². The minimum atomic E-state index is -3.08. The van der Waals surface area contributed by atoms with Crippen LogP contribution < -0.4 is 4.90 Å². The van der Waals surface area contributed by atoms with E-state index >= 15 is 0 Å². The third-order valence-electron chi connectivity index (χ3n) is 3.42. The summed E-state index contributed by atoms with van der Waals surface area (Å²) in [6.07, 6.45) is 0. The van der Waals surface area contributed by atoms with E-state index in [1.807, 2.05) is 0 Å². The van der Waals surface area contributed by atoms with Gasteiger partial charge in [0.1, 0.15) is 5.82 Å². The Morgan fingerprint density at radius 2 is 2.00 bits per heavy atom. The van der Waals surface area contributed by atoms with Crippen LogP contribution in [0.4, 0.5) is 10.1 Å². The second-order valence-electron chi connectivity index (χ2n) is 5.06. The number of carbonyl (C=O) groups excluding carboxylic acids is 1. The van der Waals surface area contributed by atoms with Crippen LogP contribution in [0.1, 0.15) is 6.92 Å². The van der Waals surface area contributed by atoms with Gasteiger partial charge in [0, 0.05) is 17.9 Å². The predicted octanol–water partition coefficient (Wildman–Crippen LogP) is 1.45. The summed E-state index contributed by atoms with van der Waals surface area (Å²) in [4.78, 5) is 17.0. The summed E-state index contributed by atoms with van der Waals surface area (Å²) >= 11 is 1.30. The molecule has 8 heteroatoms. The maximum absolute atomic E-state index is 13.1. The van der Waals surface area contributed by atoms with Crippen molar-refractivity contribution >= 4 is 38.4 Å². The Kier molecular flexibility index (Phi) is 3.53. The molecule has 0 aromatic heterocycles. The smallest absolute Gasteiger partial charge is 0.244 e. The number of halogens is 1. The van der Waals surface area contributed by atoms with Gasteiger partial charge in [0.2, 0.25) is 5.91 Å². The van der Waals surface area contributed by atoms with Gasteiger partial charge in [-0.3, -0.25) is 4.79 Å². The molecule has 0 saturated carbocycles. The molecule has 5 nitrogen and oxygen atoms in total. The Balaban J connectivity index is 2.02. The van der Waals surface area contributed by atoms with Crippen molar-refractivity contribution in [2.75, 3.05) is 16.4 Å². The van der Waals surface area contributed by atoms with Crippen LogP contribution in [0.25, 0.3) is 0 Å². The highest BCUT2D eigenvalue weighted by atomic mass is 32.2. The molecule has 2 heterocycles. The molecule has 0 radical (unpaired) electrons. The van der Waals surface area contributed by atoms with Crippen LogP contribution in [-0.2, 0) is 14.6 Å². The van der Waals surface area contributed by atoms with Gasteiger partial charge in [-0.1, -0.05) is 11.8 Å². The Bertz CT molecular complexity index is 715. The fourth-order valence-electron chi connectivity index (χ4n) is 2.60. The maximum atomic E-state index is 13.1. The second kappa shape index (κ2) is 5.10. The Labute approximate surface area is 126 Å². The lowest BCUT2D eigenvalue weighted by Gasteiger charge is -2.24. The number of hydrogen-bond donors (Lipinski definition) is 0. The summed E-state index contributed by atoms with van der Waals surface area (Å²) in [5, 5.41) is 0.345. The molecule has 0 unspecified atom stereocenters. The van der Waals surface area contributed by atoms with Crippen molar-refractivity contribution in [3.63, 3.8) is 0 Å². The zero-order chi connectivity index (χ0) is 15.2. The molecule has 0 spiro atoms. The number of hydrogen-bond acceptors (Lipinski definition) is 4. The summed E-state index contributed by atoms with van der Waals surface area (Å²) in [6, 6.07) is 5.49. The number of thioether (sulfide) groups is 1. The van der Waals surface area contributed by atoms with Crippen molar-refractivity contribution < 1.29 is 17.6 Å². The lowest BCUT2D eigenvalue weighted by atomic mass is 10.2. The molecule has 2 aliphatic rings. The first kappa shape index (κ1) is 14.5. The van der Waals surface area contributed by atoms with E-state index in [1.165, 1.54) is 30.8 Å². The average molecular weight is 328 g/mol. The Morgan fingerprint density at radius 1 is 1.33 bits per heavy atom. The molecule has 2 fully saturated rings. The zero-order valence-electron chi connectivity index (χ0n) is 11.2. The molecule has 1 aromatic rings. The number of amides is 1. The third kappa shape index (κ3) is 2.82. The normalized spacial score (nSPS) is 28.9. The highest BCUT2D eigenvalue weighted by molar-refractivity contribution is 8.16. The van der Waals surface area contributed by atoms with Crippen LogP contribution in [0.15, 0.2) is 29.3 Å². The molecule has 3 rings (SSSR count). The first-order chi connectivity index (χ1) is 9.85. The molecule has 2 atom stereocenters. The van der Waals surface area contributed by atoms with Gasteiger partial charge in [0.15, 0.2) is 15.0 Å². The fraction of sp³-hybridized carbons (Fsp3) is 0.385. The number of nitrogens with zero attached hydrogens (tertiary/aromatic N) is 2. The molecule has 2 aliphatic heterocycles. The van der Waals surface area contributed by atoms with Crippen LogP contribution in [-0.4, -0.2) is 42.3 Å². The summed E-state index contributed by atoms with van der Waals surface area (Å²) in [5.41, 5.74) is 0.647. The number of benzene rings is 1. The van der Waals surface area contributed by atoms with Crippen molar-refractivity contribution in [3.8, 4) is 0 Å². The van der Waals surface area contributed by atoms with Gasteiger partial charge >= 0.3 is 0 Å². The number of fused-ring (bicyclic) bond motifs is 1. The summed E-state index contributed by atoms with van der Waals surface area (Å²) in [6.45, 7) is 1.35. The summed E-state index contributed by atoms with van der Waals surface area (Å²) in [7, 11) is -3.08. The molecule has 1 amide bonds. The SMILES string of the molecule is CC(=O)N=C1S[C@H]2CS(=O)(=O)C[C@H]2N1c1ccc(F)cc1. The van der Waals surface area contributed by atoms with Crippen molar-refractivity contribution in [2.45, 2.75) is 18.2 Å². The van der Waals surface area contributed by atoms with Gasteiger partial charge in [-0.15, -0.1) is 0 Å². The van der Waals surface area contributed by atoms with Gasteiger partial charge < -0.3 is 4.90 Å². The topological polar surface area (TPSA) is 66.8 Å². The highest BCUT2D eigenvalue weighted by Gasteiger charge is 2.49. The monoisotopic (exact) mass is 328 g/mol. The minimum absolute atomic E-state index is 0.0268. The van der Waals surface area contributed by atoms with Gasteiger partial charge in [-0.05, 0) is 24.3 Å². The molecule has 0 bridgehead atoms. The average Bonchev–Trinajstić information content (AvgIpc) is 2.81. The quantitative estimate of drug-likeness (QED) is 0.780. The number of rotatable bonds is 1. The number of sulfone groups is 1. The van der Waals surface area contributed by atoms with Crippen LogP contribution in [0.5, 0.6) is 0 Å². The number of carbonyl (C=O) groups is 1. The van der Waals surface area contributed by atoms with E-state index in [9.17, 15) is 17.6 Å². The van der Waals surface area contributed by atoms with Crippen molar-refractivity contribution in [2.24, 2.45) is 4.99 Å². The Hall–Kier alpha value is -1.41. The van der Waals surface area contributed by atoms with Crippen LogP contribution in [0.3, 0.4) is 0 Å². The number of anilines is 1. The van der Waals surface area contributed by atoms with Gasteiger partial charge in [0.05, 0.1) is 17.5 Å². The predicted molar refractivity (Wildman–Crippen MR) is 80.8 cm³/mol. The highest BCUT2D eigenvalue weighted by Crippen LogP contribution is 2.40. The summed E-state index contributed by atoms with van der Waals surface area (Å²) in [5.74, 6) is -0.602. The molecule has 2 saturated heterocycles. The molecule has 0 N–H and O–H groups in total. The minimum Gasteiger partial charge on any atom is -0.316 e. The number of amidine groups is 1. The van der Waals surface area contributed by atoms with Crippen molar-refractivity contribution in [1.82, 2.24) is 0 Å². The van der Waals surface area contributed by atoms with Crippen molar-refractivity contribution in [1.29, 1.82) is 0 Å². The lowest BCUT2D eigenvalue weighted by molar-refractivity contribution is -0.115. The number of aliphatic imine (C=N–C) groups is 1. The van der Waals surface area contributed by atoms with Crippen molar-refractivity contribution in [3.05, 3.63) is 30.1 Å². The first-order valence-electron chi connectivity index (χ1n) is 6.37. The van der Waals surface area contributed by atoms with E-state index in [1.54, 1.807) is 17.0 Å². The van der Waals surface area contributed by atoms with Gasteiger partial charge in [0.25, 0.3) is 0 Å². The largest absolute Gasteiger partial charge is 0.316 e. The van der Waals surface area contributed by atoms with Crippen LogP contribution in [0.2, 0.25) is 0 Å². The molecular weight excluding hydrogens is 315 g/mol. The first-order valence-corrected chi connectivity index (χ1v) is 9.07. The standard InChI is InChI=1S/C13H13FN2O3S2/c1-8(17)15-13-16(10-4-2-9(14)3-5-10)11-6-21(18,19)7-12(11)20-13/h2-5,11-12H,6-7H2,1H3/t11-,12+/m1/s1. The molecular formula is C13H13FN2O3S2. The Morgan fingerprint density at radius 3 is 2.62 bits per heavy atom. The second-order valence-corrected chi connectivity index (χ2v) is 8.42. The van der Waals surface area contributed by atoms with Gasteiger partial charge in [-0.25, -0.2) is 12.8 Å².